The number of anilines is 4. The highest BCUT2D eigenvalue weighted by Crippen LogP contribution is 2.31. The third kappa shape index (κ3) is 4.55. The first-order valence-electron chi connectivity index (χ1n) is 8.57. The highest BCUT2D eigenvalue weighted by atomic mass is 35.5. The number of halogens is 1. The summed E-state index contributed by atoms with van der Waals surface area (Å²) in [7, 11) is 0. The fourth-order valence-electron chi connectivity index (χ4n) is 2.49. The van der Waals surface area contributed by atoms with Crippen LogP contribution in [0.5, 0.6) is 11.5 Å². The van der Waals surface area contributed by atoms with Crippen molar-refractivity contribution in [2.45, 2.75) is 0 Å². The Hall–Kier alpha value is -3.64. The van der Waals surface area contributed by atoms with Gasteiger partial charge in [0.2, 0.25) is 5.95 Å². The molecule has 4 aromatic rings. The molecular formula is C21H16ClN5O. The second-order valence-corrected chi connectivity index (χ2v) is 6.27. The first kappa shape index (κ1) is 17.8. The zero-order chi connectivity index (χ0) is 19.2. The van der Waals surface area contributed by atoms with Gasteiger partial charge in [0.25, 0.3) is 0 Å². The Morgan fingerprint density at radius 1 is 0.786 bits per heavy atom. The second kappa shape index (κ2) is 8.37. The molecule has 0 saturated carbocycles. The summed E-state index contributed by atoms with van der Waals surface area (Å²) in [4.78, 5) is 4.45. The molecule has 0 saturated heterocycles. The summed E-state index contributed by atoms with van der Waals surface area (Å²) in [5.74, 6) is 2.34. The Labute approximate surface area is 167 Å². The van der Waals surface area contributed by atoms with Crippen LogP contribution in [-0.4, -0.2) is 15.2 Å². The van der Waals surface area contributed by atoms with Gasteiger partial charge in [-0.25, -0.2) is 0 Å². The van der Waals surface area contributed by atoms with Crippen LogP contribution < -0.4 is 15.4 Å². The van der Waals surface area contributed by atoms with Crippen molar-refractivity contribution in [3.05, 3.63) is 90.1 Å². The maximum absolute atomic E-state index is 5.96. The number of ether oxygens (including phenoxy) is 1. The molecule has 1 aromatic heterocycles. The SMILES string of the molecule is Clc1ccc(Nc2nncc(Nc3ccccc3Oc3ccccc3)n2)cc1. The number of para-hydroxylation sites is 3. The number of aromatic nitrogens is 3. The quantitative estimate of drug-likeness (QED) is 0.434. The number of nitrogens with zero attached hydrogens (tertiary/aromatic N) is 3. The Bertz CT molecular complexity index is 1060. The van der Waals surface area contributed by atoms with Gasteiger partial charge in [-0.2, -0.15) is 10.1 Å². The van der Waals surface area contributed by atoms with Gasteiger partial charge in [-0.1, -0.05) is 41.9 Å². The largest absolute Gasteiger partial charge is 0.455 e. The summed E-state index contributed by atoms with van der Waals surface area (Å²) < 4.78 is 5.96. The molecule has 1 heterocycles. The molecule has 3 aromatic carbocycles. The van der Waals surface area contributed by atoms with Gasteiger partial charge in [0, 0.05) is 10.7 Å². The summed E-state index contributed by atoms with van der Waals surface area (Å²) in [5.41, 5.74) is 1.58. The number of rotatable bonds is 6. The van der Waals surface area contributed by atoms with Gasteiger partial charge in [-0.3, -0.25) is 0 Å². The lowest BCUT2D eigenvalue weighted by molar-refractivity contribution is 0.485. The Morgan fingerprint density at radius 2 is 1.54 bits per heavy atom. The molecule has 138 valence electrons. The van der Waals surface area contributed by atoms with Crippen molar-refractivity contribution in [2.24, 2.45) is 0 Å². The van der Waals surface area contributed by atoms with Crippen molar-refractivity contribution in [1.82, 2.24) is 15.2 Å². The molecule has 0 atom stereocenters. The van der Waals surface area contributed by atoms with E-state index in [9.17, 15) is 0 Å². The van der Waals surface area contributed by atoms with Gasteiger partial charge in [0.1, 0.15) is 5.75 Å². The molecule has 0 aliphatic heterocycles. The molecular weight excluding hydrogens is 374 g/mol. The molecule has 4 rings (SSSR count). The summed E-state index contributed by atoms with van der Waals surface area (Å²) in [6.45, 7) is 0. The number of nitrogens with one attached hydrogen (secondary N) is 2. The van der Waals surface area contributed by atoms with Crippen LogP contribution in [0, 0.1) is 0 Å². The Morgan fingerprint density at radius 3 is 2.36 bits per heavy atom. The average Bonchev–Trinajstić information content (AvgIpc) is 2.72. The fourth-order valence-corrected chi connectivity index (χ4v) is 2.62. The van der Waals surface area contributed by atoms with E-state index in [1.807, 2.05) is 66.7 Å². The van der Waals surface area contributed by atoms with Crippen molar-refractivity contribution < 1.29 is 4.74 Å². The minimum atomic E-state index is 0.369. The summed E-state index contributed by atoms with van der Waals surface area (Å²) >= 11 is 5.91. The van der Waals surface area contributed by atoms with E-state index in [2.05, 4.69) is 25.8 Å². The van der Waals surface area contributed by atoms with E-state index in [-0.39, 0.29) is 0 Å². The first-order valence-corrected chi connectivity index (χ1v) is 8.95. The van der Waals surface area contributed by atoms with Crippen LogP contribution >= 0.6 is 11.6 Å². The highest BCUT2D eigenvalue weighted by molar-refractivity contribution is 6.30. The number of benzene rings is 3. The predicted molar refractivity (Wildman–Crippen MR) is 111 cm³/mol. The highest BCUT2D eigenvalue weighted by Gasteiger charge is 2.07. The van der Waals surface area contributed by atoms with Crippen LogP contribution in [0.2, 0.25) is 5.02 Å². The molecule has 0 aliphatic carbocycles. The number of hydrogen-bond donors (Lipinski definition) is 2. The van der Waals surface area contributed by atoms with Gasteiger partial charge in [0.15, 0.2) is 11.6 Å². The minimum Gasteiger partial charge on any atom is -0.455 e. The standard InChI is InChI=1S/C21H16ClN5O/c22-15-10-12-16(13-11-15)24-21-26-20(14-23-27-21)25-18-8-4-5-9-19(18)28-17-6-2-1-3-7-17/h1-14H,(H2,24,25,26,27). The summed E-state index contributed by atoms with van der Waals surface area (Å²) in [6.07, 6.45) is 1.55. The molecule has 0 spiro atoms. The van der Waals surface area contributed by atoms with Crippen LogP contribution in [0.1, 0.15) is 0 Å². The van der Waals surface area contributed by atoms with E-state index in [1.54, 1.807) is 18.3 Å². The van der Waals surface area contributed by atoms with Crippen LogP contribution in [0.3, 0.4) is 0 Å². The van der Waals surface area contributed by atoms with E-state index in [4.69, 9.17) is 16.3 Å². The van der Waals surface area contributed by atoms with Gasteiger partial charge in [-0.05, 0) is 48.5 Å². The first-order chi connectivity index (χ1) is 13.8. The topological polar surface area (TPSA) is 72.0 Å². The summed E-state index contributed by atoms with van der Waals surface area (Å²) in [5, 5.41) is 15.0. The third-order valence-electron chi connectivity index (χ3n) is 3.78. The maximum atomic E-state index is 5.96. The van der Waals surface area contributed by atoms with Crippen molar-refractivity contribution in [3.63, 3.8) is 0 Å². The molecule has 0 aliphatic rings. The zero-order valence-electron chi connectivity index (χ0n) is 14.7. The van der Waals surface area contributed by atoms with Gasteiger partial charge >= 0.3 is 0 Å². The molecule has 0 bridgehead atoms. The molecule has 7 heteroatoms. The molecule has 6 nitrogen and oxygen atoms in total. The molecule has 0 fully saturated rings. The number of hydrogen-bond acceptors (Lipinski definition) is 6. The Kier molecular flexibility index (Phi) is 5.31. The fraction of sp³-hybridized carbons (Fsp3) is 0. The minimum absolute atomic E-state index is 0.369. The Balaban J connectivity index is 1.52. The third-order valence-corrected chi connectivity index (χ3v) is 4.03. The lowest BCUT2D eigenvalue weighted by Crippen LogP contribution is -2.03. The lowest BCUT2D eigenvalue weighted by atomic mass is 10.3. The molecule has 28 heavy (non-hydrogen) atoms. The van der Waals surface area contributed by atoms with E-state index >= 15 is 0 Å². The van der Waals surface area contributed by atoms with Crippen molar-refractivity contribution in [1.29, 1.82) is 0 Å². The average molecular weight is 390 g/mol. The van der Waals surface area contributed by atoms with E-state index in [0.717, 1.165) is 17.1 Å². The van der Waals surface area contributed by atoms with Crippen molar-refractivity contribution in [3.8, 4) is 11.5 Å². The van der Waals surface area contributed by atoms with Gasteiger partial charge in [-0.15, -0.1) is 5.10 Å². The molecule has 2 N–H and O–H groups in total. The predicted octanol–water partition coefficient (Wildman–Crippen LogP) is 5.80. The van der Waals surface area contributed by atoms with Crippen LogP contribution in [0.4, 0.5) is 23.1 Å². The lowest BCUT2D eigenvalue weighted by Gasteiger charge is -2.12. The molecule has 0 amide bonds. The van der Waals surface area contributed by atoms with Gasteiger partial charge in [0.05, 0.1) is 11.9 Å². The summed E-state index contributed by atoms with van der Waals surface area (Å²) in [6, 6.07) is 24.5. The van der Waals surface area contributed by atoms with E-state index < -0.39 is 0 Å². The van der Waals surface area contributed by atoms with Gasteiger partial charge < -0.3 is 15.4 Å². The van der Waals surface area contributed by atoms with Crippen LogP contribution in [0.25, 0.3) is 0 Å². The van der Waals surface area contributed by atoms with E-state index in [1.165, 1.54) is 0 Å². The maximum Gasteiger partial charge on any atom is 0.249 e. The monoisotopic (exact) mass is 389 g/mol. The van der Waals surface area contributed by atoms with Crippen LogP contribution in [-0.2, 0) is 0 Å². The zero-order valence-corrected chi connectivity index (χ0v) is 15.5. The normalized spacial score (nSPS) is 10.3. The second-order valence-electron chi connectivity index (χ2n) is 5.83. The van der Waals surface area contributed by atoms with Crippen molar-refractivity contribution >= 4 is 34.7 Å². The van der Waals surface area contributed by atoms with Crippen LogP contribution in [0.15, 0.2) is 85.1 Å². The smallest absolute Gasteiger partial charge is 0.249 e. The molecule has 0 unspecified atom stereocenters. The van der Waals surface area contributed by atoms with Crippen molar-refractivity contribution in [2.75, 3.05) is 10.6 Å². The van der Waals surface area contributed by atoms with E-state index in [0.29, 0.717) is 22.5 Å². The molecule has 0 radical (unpaired) electrons.